The number of sulfonamides is 1. The van der Waals surface area contributed by atoms with Crippen molar-refractivity contribution in [3.8, 4) is 0 Å². The second-order valence-corrected chi connectivity index (χ2v) is 9.93. The van der Waals surface area contributed by atoms with E-state index in [-0.39, 0.29) is 45.8 Å². The maximum absolute atomic E-state index is 13.0. The number of carbonyl (C=O) groups is 3. The summed E-state index contributed by atoms with van der Waals surface area (Å²) in [5.41, 5.74) is 0.810. The molecule has 0 radical (unpaired) electrons. The summed E-state index contributed by atoms with van der Waals surface area (Å²) in [4.78, 5) is 37.8. The molecule has 2 N–H and O–H groups in total. The van der Waals surface area contributed by atoms with Gasteiger partial charge in [-0.25, -0.2) is 8.42 Å². The van der Waals surface area contributed by atoms with Crippen LogP contribution < -0.4 is 14.9 Å². The van der Waals surface area contributed by atoms with Gasteiger partial charge in [0.25, 0.3) is 15.9 Å². The van der Waals surface area contributed by atoms with Gasteiger partial charge in [-0.1, -0.05) is 23.2 Å². The number of nitrogens with zero attached hydrogens (tertiary/aromatic N) is 1. The maximum Gasteiger partial charge on any atom is 0.261 e. The molecule has 0 bridgehead atoms. The third-order valence-electron chi connectivity index (χ3n) is 5.03. The van der Waals surface area contributed by atoms with Crippen molar-refractivity contribution in [1.29, 1.82) is 0 Å². The highest BCUT2D eigenvalue weighted by atomic mass is 35.5. The van der Waals surface area contributed by atoms with Gasteiger partial charge in [0.15, 0.2) is 0 Å². The van der Waals surface area contributed by atoms with Gasteiger partial charge >= 0.3 is 0 Å². The molecule has 8 nitrogen and oxygen atoms in total. The monoisotopic (exact) mass is 517 g/mol. The smallest absolute Gasteiger partial charge is 0.261 e. The van der Waals surface area contributed by atoms with Crippen LogP contribution in [0.4, 0.5) is 17.1 Å². The van der Waals surface area contributed by atoms with Crippen molar-refractivity contribution < 1.29 is 22.8 Å². The molecule has 34 heavy (non-hydrogen) atoms. The SMILES string of the molecule is O=C(Nc1ccc(N2C(=O)CCC2=O)cc1)c1cc(Cl)ccc1NS(=O)(=O)c1ccc(Cl)cc1. The summed E-state index contributed by atoms with van der Waals surface area (Å²) >= 11 is 11.9. The maximum atomic E-state index is 13.0. The van der Waals surface area contributed by atoms with Crippen LogP contribution in [-0.2, 0) is 19.6 Å². The zero-order chi connectivity index (χ0) is 24.5. The summed E-state index contributed by atoms with van der Waals surface area (Å²) in [6, 6.07) is 15.9. The van der Waals surface area contributed by atoms with E-state index in [2.05, 4.69) is 10.0 Å². The highest BCUT2D eigenvalue weighted by Gasteiger charge is 2.30. The fraction of sp³-hybridized carbons (Fsp3) is 0.0870. The average molecular weight is 518 g/mol. The second-order valence-electron chi connectivity index (χ2n) is 7.37. The van der Waals surface area contributed by atoms with Crippen LogP contribution in [0, 0.1) is 0 Å². The Morgan fingerprint density at radius 3 is 2.03 bits per heavy atom. The number of nitrogens with one attached hydrogen (secondary N) is 2. The molecule has 1 saturated heterocycles. The van der Waals surface area contributed by atoms with Crippen molar-refractivity contribution in [3.63, 3.8) is 0 Å². The van der Waals surface area contributed by atoms with Crippen LogP contribution in [0.2, 0.25) is 10.0 Å². The van der Waals surface area contributed by atoms with Crippen LogP contribution in [0.25, 0.3) is 0 Å². The first-order valence-electron chi connectivity index (χ1n) is 9.99. The molecule has 0 saturated carbocycles. The minimum Gasteiger partial charge on any atom is -0.322 e. The Morgan fingerprint density at radius 2 is 1.41 bits per heavy atom. The number of amides is 3. The molecule has 1 heterocycles. The lowest BCUT2D eigenvalue weighted by Gasteiger charge is -2.15. The molecule has 1 aliphatic rings. The van der Waals surface area contributed by atoms with Crippen molar-refractivity contribution in [2.75, 3.05) is 14.9 Å². The molecule has 0 aliphatic carbocycles. The standard InChI is InChI=1S/C23H17Cl2N3O5S/c24-14-1-8-18(9-2-14)34(32,33)27-20-10-3-15(25)13-19(20)23(31)26-16-4-6-17(7-5-16)28-21(29)11-12-22(28)30/h1-10,13,27H,11-12H2,(H,26,31). The van der Waals surface area contributed by atoms with Gasteiger partial charge in [-0.3, -0.25) is 24.0 Å². The molecule has 0 aromatic heterocycles. The fourth-order valence-corrected chi connectivity index (χ4v) is 4.75. The molecule has 1 fully saturated rings. The van der Waals surface area contributed by atoms with E-state index < -0.39 is 15.9 Å². The van der Waals surface area contributed by atoms with Crippen LogP contribution in [0.5, 0.6) is 0 Å². The van der Waals surface area contributed by atoms with E-state index in [1.807, 2.05) is 0 Å². The predicted octanol–water partition coefficient (Wildman–Crippen LogP) is 4.70. The number of hydrogen-bond donors (Lipinski definition) is 2. The van der Waals surface area contributed by atoms with E-state index in [4.69, 9.17) is 23.2 Å². The molecular weight excluding hydrogens is 501 g/mol. The zero-order valence-electron chi connectivity index (χ0n) is 17.4. The summed E-state index contributed by atoms with van der Waals surface area (Å²) in [6.45, 7) is 0. The molecule has 0 atom stereocenters. The normalized spacial score (nSPS) is 13.8. The number of carbonyl (C=O) groups excluding carboxylic acids is 3. The average Bonchev–Trinajstić information content (AvgIpc) is 3.13. The summed E-state index contributed by atoms with van der Waals surface area (Å²) in [7, 11) is -4.00. The first kappa shape index (κ1) is 23.7. The van der Waals surface area contributed by atoms with Crippen LogP contribution in [0.15, 0.2) is 71.6 Å². The van der Waals surface area contributed by atoms with Crippen LogP contribution in [0.3, 0.4) is 0 Å². The molecule has 11 heteroatoms. The molecule has 1 aliphatic heterocycles. The van der Waals surface area contributed by atoms with E-state index in [0.29, 0.717) is 16.4 Å². The van der Waals surface area contributed by atoms with E-state index in [1.165, 1.54) is 54.6 Å². The Hall–Kier alpha value is -3.40. The van der Waals surface area contributed by atoms with Gasteiger partial charge in [-0.05, 0) is 66.7 Å². The van der Waals surface area contributed by atoms with Crippen LogP contribution in [-0.4, -0.2) is 26.1 Å². The molecule has 3 aromatic carbocycles. The van der Waals surface area contributed by atoms with Gasteiger partial charge in [0, 0.05) is 28.6 Å². The molecule has 3 amide bonds. The Balaban J connectivity index is 1.55. The quantitative estimate of drug-likeness (QED) is 0.460. The van der Waals surface area contributed by atoms with E-state index in [0.717, 1.165) is 4.90 Å². The van der Waals surface area contributed by atoms with E-state index >= 15 is 0 Å². The lowest BCUT2D eigenvalue weighted by atomic mass is 10.1. The van der Waals surface area contributed by atoms with Crippen molar-refractivity contribution in [3.05, 3.63) is 82.3 Å². The Morgan fingerprint density at radius 1 is 0.824 bits per heavy atom. The Labute approximate surface area is 205 Å². The number of halogens is 2. The minimum absolute atomic E-state index is 0.000913. The first-order chi connectivity index (χ1) is 16.1. The van der Waals surface area contributed by atoms with Gasteiger partial charge in [-0.15, -0.1) is 0 Å². The summed E-state index contributed by atoms with van der Waals surface area (Å²) in [5, 5.41) is 3.28. The Kier molecular flexibility index (Phi) is 6.60. The van der Waals surface area contributed by atoms with Gasteiger partial charge in [-0.2, -0.15) is 0 Å². The molecular formula is C23H17Cl2N3O5S. The molecule has 0 spiro atoms. The largest absolute Gasteiger partial charge is 0.322 e. The van der Waals surface area contributed by atoms with E-state index in [1.54, 1.807) is 12.1 Å². The summed E-state index contributed by atoms with van der Waals surface area (Å²) in [5.74, 6) is -1.17. The number of benzene rings is 3. The van der Waals surface area contributed by atoms with Crippen molar-refractivity contribution in [2.45, 2.75) is 17.7 Å². The Bertz CT molecular complexity index is 1380. The topological polar surface area (TPSA) is 113 Å². The highest BCUT2D eigenvalue weighted by molar-refractivity contribution is 7.92. The highest BCUT2D eigenvalue weighted by Crippen LogP contribution is 2.27. The lowest BCUT2D eigenvalue weighted by Crippen LogP contribution is -2.28. The summed E-state index contributed by atoms with van der Waals surface area (Å²) < 4.78 is 27.9. The number of imide groups is 1. The number of rotatable bonds is 6. The first-order valence-corrected chi connectivity index (χ1v) is 12.2. The van der Waals surface area contributed by atoms with Crippen LogP contribution in [0.1, 0.15) is 23.2 Å². The molecule has 0 unspecified atom stereocenters. The van der Waals surface area contributed by atoms with Gasteiger partial charge in [0.1, 0.15) is 0 Å². The lowest BCUT2D eigenvalue weighted by molar-refractivity contribution is -0.121. The molecule has 3 aromatic rings. The molecule has 174 valence electrons. The van der Waals surface area contributed by atoms with Gasteiger partial charge in [0.2, 0.25) is 11.8 Å². The fourth-order valence-electron chi connectivity index (χ4n) is 3.37. The van der Waals surface area contributed by atoms with Gasteiger partial charge in [0.05, 0.1) is 21.8 Å². The van der Waals surface area contributed by atoms with E-state index in [9.17, 15) is 22.8 Å². The third kappa shape index (κ3) is 5.06. The molecule has 4 rings (SSSR count). The van der Waals surface area contributed by atoms with Crippen LogP contribution >= 0.6 is 23.2 Å². The van der Waals surface area contributed by atoms with Crippen molar-refractivity contribution in [2.24, 2.45) is 0 Å². The predicted molar refractivity (Wildman–Crippen MR) is 130 cm³/mol. The third-order valence-corrected chi connectivity index (χ3v) is 6.90. The summed E-state index contributed by atoms with van der Waals surface area (Å²) in [6.07, 6.45) is 0.335. The van der Waals surface area contributed by atoms with Crippen molar-refractivity contribution >= 4 is 68.0 Å². The number of anilines is 3. The second kappa shape index (κ2) is 9.46. The van der Waals surface area contributed by atoms with Crippen molar-refractivity contribution in [1.82, 2.24) is 0 Å². The van der Waals surface area contributed by atoms with Gasteiger partial charge < -0.3 is 5.32 Å². The zero-order valence-corrected chi connectivity index (χ0v) is 19.7. The number of hydrogen-bond acceptors (Lipinski definition) is 5. The minimum atomic E-state index is -4.00.